The number of hydrogen-bond donors (Lipinski definition) is 0. The van der Waals surface area contributed by atoms with E-state index < -0.39 is 17.6 Å². The number of alkyl halides is 3. The van der Waals surface area contributed by atoms with Gasteiger partial charge in [0.15, 0.2) is 0 Å². The van der Waals surface area contributed by atoms with E-state index in [0.29, 0.717) is 17.4 Å². The summed E-state index contributed by atoms with van der Waals surface area (Å²) in [4.78, 5) is 12.0. The van der Waals surface area contributed by atoms with E-state index in [9.17, 15) is 22.4 Å². The zero-order valence-corrected chi connectivity index (χ0v) is 21.2. The number of carbonyl (C=O) groups is 1. The monoisotopic (exact) mass is 534 g/mol. The van der Waals surface area contributed by atoms with Crippen LogP contribution in [-0.4, -0.2) is 26.4 Å². The fourth-order valence-electron chi connectivity index (χ4n) is 4.29. The maximum Gasteiger partial charge on any atom is 0.416 e. The summed E-state index contributed by atoms with van der Waals surface area (Å²) in [5, 5.41) is 1.52. The van der Waals surface area contributed by atoms with Crippen LogP contribution in [0.4, 0.5) is 17.6 Å². The van der Waals surface area contributed by atoms with Crippen LogP contribution < -0.4 is 9.47 Å². The van der Waals surface area contributed by atoms with Crippen LogP contribution in [0.5, 0.6) is 11.5 Å². The number of rotatable bonds is 10. The first-order valence-corrected chi connectivity index (χ1v) is 12.5. The van der Waals surface area contributed by atoms with Gasteiger partial charge in [-0.05, 0) is 66.0 Å². The molecular formula is C28H26F4O4S. The molecule has 0 bridgehead atoms. The van der Waals surface area contributed by atoms with E-state index in [1.807, 2.05) is 6.07 Å². The van der Waals surface area contributed by atoms with Crippen molar-refractivity contribution >= 4 is 22.9 Å². The maximum atomic E-state index is 14.7. The zero-order valence-electron chi connectivity index (χ0n) is 20.4. The number of methoxy groups -OCH3 is 2. The van der Waals surface area contributed by atoms with Gasteiger partial charge in [0.25, 0.3) is 0 Å². The second-order valence-electron chi connectivity index (χ2n) is 8.87. The SMILES string of the molecule is C=C(c1c(COc2cccc([C@@H](CC(=O)OC)C3CC3)c2)csc1-c1cc(OC)ccc1F)C(F)(F)F. The van der Waals surface area contributed by atoms with Gasteiger partial charge in [0.1, 0.15) is 23.9 Å². The number of halogens is 4. The van der Waals surface area contributed by atoms with E-state index >= 15 is 0 Å². The molecule has 1 aromatic heterocycles. The molecule has 0 radical (unpaired) electrons. The third kappa shape index (κ3) is 6.15. The average molecular weight is 535 g/mol. The van der Waals surface area contributed by atoms with Gasteiger partial charge in [-0.2, -0.15) is 13.2 Å². The second-order valence-corrected chi connectivity index (χ2v) is 9.75. The van der Waals surface area contributed by atoms with Crippen molar-refractivity contribution in [2.75, 3.05) is 14.2 Å². The number of ether oxygens (including phenoxy) is 3. The largest absolute Gasteiger partial charge is 0.497 e. The molecule has 1 saturated carbocycles. The van der Waals surface area contributed by atoms with Gasteiger partial charge in [0, 0.05) is 21.6 Å². The van der Waals surface area contributed by atoms with E-state index in [2.05, 4.69) is 6.58 Å². The number of esters is 1. The second kappa shape index (κ2) is 11.0. The van der Waals surface area contributed by atoms with Crippen molar-refractivity contribution in [3.05, 3.63) is 76.9 Å². The number of benzene rings is 2. The quantitative estimate of drug-likeness (QED) is 0.197. The molecule has 1 heterocycles. The van der Waals surface area contributed by atoms with Crippen molar-refractivity contribution in [2.24, 2.45) is 5.92 Å². The molecule has 0 N–H and O–H groups in total. The summed E-state index contributed by atoms with van der Waals surface area (Å²) in [7, 11) is 2.75. The lowest BCUT2D eigenvalue weighted by atomic mass is 9.91. The Morgan fingerprint density at radius 2 is 1.89 bits per heavy atom. The van der Waals surface area contributed by atoms with Crippen molar-refractivity contribution in [3.8, 4) is 21.9 Å². The van der Waals surface area contributed by atoms with Gasteiger partial charge in [-0.1, -0.05) is 18.7 Å². The van der Waals surface area contributed by atoms with Gasteiger partial charge in [0.05, 0.1) is 26.2 Å². The number of hydrogen-bond acceptors (Lipinski definition) is 5. The van der Waals surface area contributed by atoms with E-state index in [4.69, 9.17) is 14.2 Å². The van der Waals surface area contributed by atoms with E-state index in [-0.39, 0.29) is 46.5 Å². The molecule has 4 nitrogen and oxygen atoms in total. The van der Waals surface area contributed by atoms with Crippen LogP contribution in [0.25, 0.3) is 16.0 Å². The molecule has 0 amide bonds. The van der Waals surface area contributed by atoms with Crippen LogP contribution in [-0.2, 0) is 16.1 Å². The van der Waals surface area contributed by atoms with E-state index in [0.717, 1.165) is 35.8 Å². The molecule has 1 fully saturated rings. The molecule has 0 spiro atoms. The highest BCUT2D eigenvalue weighted by molar-refractivity contribution is 7.14. The van der Waals surface area contributed by atoms with Crippen LogP contribution in [0, 0.1) is 11.7 Å². The molecule has 1 atom stereocenters. The lowest BCUT2D eigenvalue weighted by Gasteiger charge is -2.17. The molecule has 2 aromatic carbocycles. The molecule has 1 aliphatic rings. The summed E-state index contributed by atoms with van der Waals surface area (Å²) < 4.78 is 71.8. The van der Waals surface area contributed by atoms with Crippen molar-refractivity contribution in [2.45, 2.75) is 38.0 Å². The topological polar surface area (TPSA) is 44.8 Å². The Morgan fingerprint density at radius 3 is 2.54 bits per heavy atom. The van der Waals surface area contributed by atoms with Crippen molar-refractivity contribution in [1.29, 1.82) is 0 Å². The predicted molar refractivity (Wildman–Crippen MR) is 134 cm³/mol. The van der Waals surface area contributed by atoms with Crippen LogP contribution in [0.3, 0.4) is 0 Å². The summed E-state index contributed by atoms with van der Waals surface area (Å²) in [6.45, 7) is 3.09. The summed E-state index contributed by atoms with van der Waals surface area (Å²) in [5.41, 5.74) is -0.140. The molecule has 4 rings (SSSR count). The lowest BCUT2D eigenvalue weighted by Crippen LogP contribution is -2.12. The first-order valence-electron chi connectivity index (χ1n) is 11.6. The van der Waals surface area contributed by atoms with Gasteiger partial charge in [-0.3, -0.25) is 4.79 Å². The average Bonchev–Trinajstić information content (AvgIpc) is 3.64. The van der Waals surface area contributed by atoms with Gasteiger partial charge < -0.3 is 14.2 Å². The predicted octanol–water partition coefficient (Wildman–Crippen LogP) is 7.77. The van der Waals surface area contributed by atoms with E-state index in [1.165, 1.54) is 31.7 Å². The minimum atomic E-state index is -4.72. The Morgan fingerprint density at radius 1 is 1.14 bits per heavy atom. The highest BCUT2D eigenvalue weighted by Crippen LogP contribution is 2.46. The fraction of sp³-hybridized carbons (Fsp3) is 0.321. The zero-order chi connectivity index (χ0) is 26.7. The van der Waals surface area contributed by atoms with Crippen molar-refractivity contribution < 1.29 is 36.6 Å². The summed E-state index contributed by atoms with van der Waals surface area (Å²) in [5.74, 6) is 0.176. The number of allylic oxidation sites excluding steroid dienone is 1. The normalized spacial score (nSPS) is 14.2. The van der Waals surface area contributed by atoms with Crippen LogP contribution >= 0.6 is 11.3 Å². The van der Waals surface area contributed by atoms with Crippen molar-refractivity contribution in [1.82, 2.24) is 0 Å². The van der Waals surface area contributed by atoms with Gasteiger partial charge in [0.2, 0.25) is 0 Å². The summed E-state index contributed by atoms with van der Waals surface area (Å²) in [6, 6.07) is 11.1. The first-order chi connectivity index (χ1) is 17.6. The Kier molecular flexibility index (Phi) is 7.92. The molecule has 196 valence electrons. The maximum absolute atomic E-state index is 14.7. The molecule has 3 aromatic rings. The third-order valence-corrected chi connectivity index (χ3v) is 7.48. The van der Waals surface area contributed by atoms with Gasteiger partial charge in [-0.25, -0.2) is 4.39 Å². The standard InChI is InChI=1S/C28H26F4O4S/c1-16(28(30,31)32)26-19(15-37-27(26)23-12-20(34-2)9-10-24(23)29)14-36-21-6-4-5-18(11-21)22(17-7-8-17)13-25(33)35-3/h4-6,9-12,15,17,22H,1,7-8,13-14H2,2-3H3/t22-/m0/s1. The van der Waals surface area contributed by atoms with Crippen LogP contribution in [0.15, 0.2) is 54.4 Å². The Balaban J connectivity index is 1.63. The molecular weight excluding hydrogens is 508 g/mol. The highest BCUT2D eigenvalue weighted by Gasteiger charge is 2.37. The van der Waals surface area contributed by atoms with E-state index in [1.54, 1.807) is 18.2 Å². The number of thiophene rings is 1. The molecule has 37 heavy (non-hydrogen) atoms. The Hall–Kier alpha value is -3.33. The van der Waals surface area contributed by atoms with Crippen LogP contribution in [0.1, 0.15) is 41.9 Å². The van der Waals surface area contributed by atoms with Gasteiger partial charge >= 0.3 is 12.1 Å². The van der Waals surface area contributed by atoms with Gasteiger partial charge in [-0.15, -0.1) is 11.3 Å². The fourth-order valence-corrected chi connectivity index (χ4v) is 5.39. The molecule has 9 heteroatoms. The molecule has 0 aliphatic heterocycles. The smallest absolute Gasteiger partial charge is 0.416 e. The van der Waals surface area contributed by atoms with Crippen LogP contribution in [0.2, 0.25) is 0 Å². The molecule has 0 unspecified atom stereocenters. The first kappa shape index (κ1) is 26.7. The minimum Gasteiger partial charge on any atom is -0.497 e. The minimum absolute atomic E-state index is 0.00640. The van der Waals surface area contributed by atoms with Crippen molar-refractivity contribution in [3.63, 3.8) is 0 Å². The molecule has 0 saturated heterocycles. The third-order valence-electron chi connectivity index (χ3n) is 6.42. The molecule has 1 aliphatic carbocycles. The Bertz CT molecular complexity index is 1290. The summed E-state index contributed by atoms with van der Waals surface area (Å²) >= 11 is 0.984. The summed E-state index contributed by atoms with van der Waals surface area (Å²) in [6.07, 6.45) is -2.42. The lowest BCUT2D eigenvalue weighted by molar-refractivity contribution is -0.141. The Labute approximate surface area is 216 Å². The highest BCUT2D eigenvalue weighted by atomic mass is 32.1. The number of carbonyl (C=O) groups excluding carboxylic acids is 1.